The van der Waals surface area contributed by atoms with Crippen LogP contribution in [-0.2, 0) is 12.7 Å². The number of halogens is 3. The number of hydrogen-bond acceptors (Lipinski definition) is 2. The predicted molar refractivity (Wildman–Crippen MR) is 65.6 cm³/mol. The lowest BCUT2D eigenvalue weighted by molar-refractivity contribution is -0.138. The van der Waals surface area contributed by atoms with E-state index in [1.165, 1.54) is 6.07 Å². The molecule has 0 heterocycles. The molecule has 1 aliphatic rings. The van der Waals surface area contributed by atoms with Crippen LogP contribution in [0.3, 0.4) is 0 Å². The Morgan fingerprint density at radius 1 is 1.37 bits per heavy atom. The van der Waals surface area contributed by atoms with E-state index in [4.69, 9.17) is 11.2 Å². The van der Waals surface area contributed by atoms with Gasteiger partial charge in [-0.15, -0.1) is 6.42 Å². The summed E-state index contributed by atoms with van der Waals surface area (Å²) in [6.07, 6.45) is 2.73. The molecule has 0 aromatic heterocycles. The summed E-state index contributed by atoms with van der Waals surface area (Å²) in [5.41, 5.74) is -0.190. The first kappa shape index (κ1) is 13.8. The molecule has 19 heavy (non-hydrogen) atoms. The molecule has 0 spiro atoms. The van der Waals surface area contributed by atoms with E-state index >= 15 is 0 Å². The van der Waals surface area contributed by atoms with Crippen molar-refractivity contribution in [2.45, 2.75) is 31.6 Å². The van der Waals surface area contributed by atoms with Crippen molar-refractivity contribution in [3.05, 3.63) is 29.3 Å². The Balaban J connectivity index is 2.16. The lowest BCUT2D eigenvalue weighted by atomic mass is 10.1. The fraction of sp³-hybridized carbons (Fsp3) is 0.429. The highest BCUT2D eigenvalue weighted by atomic mass is 19.4. The number of rotatable bonds is 5. The van der Waals surface area contributed by atoms with Gasteiger partial charge in [0.25, 0.3) is 0 Å². The van der Waals surface area contributed by atoms with Crippen LogP contribution in [0.15, 0.2) is 18.2 Å². The van der Waals surface area contributed by atoms with Gasteiger partial charge in [0.1, 0.15) is 12.4 Å². The zero-order valence-corrected chi connectivity index (χ0v) is 10.3. The average Bonchev–Trinajstić information content (AvgIpc) is 3.17. The Bertz CT molecular complexity index is 486. The summed E-state index contributed by atoms with van der Waals surface area (Å²) in [5.74, 6) is 1.93. The van der Waals surface area contributed by atoms with Crippen molar-refractivity contribution >= 4 is 0 Å². The van der Waals surface area contributed by atoms with Gasteiger partial charge in [-0.3, -0.25) is 0 Å². The molecule has 0 atom stereocenters. The highest BCUT2D eigenvalue weighted by Gasteiger charge is 2.34. The first-order valence-electron chi connectivity index (χ1n) is 6.00. The van der Waals surface area contributed by atoms with Gasteiger partial charge >= 0.3 is 6.18 Å². The van der Waals surface area contributed by atoms with E-state index in [2.05, 4.69) is 11.2 Å². The molecule has 0 radical (unpaired) electrons. The Labute approximate surface area is 110 Å². The van der Waals surface area contributed by atoms with Crippen molar-refractivity contribution in [2.75, 3.05) is 6.61 Å². The minimum atomic E-state index is -4.44. The molecule has 2 nitrogen and oxygen atoms in total. The molecule has 0 aliphatic heterocycles. The maximum atomic E-state index is 12.9. The van der Waals surface area contributed by atoms with Gasteiger partial charge in [0.2, 0.25) is 0 Å². The minimum Gasteiger partial charge on any atom is -0.480 e. The van der Waals surface area contributed by atoms with Gasteiger partial charge in [0.05, 0.1) is 5.56 Å². The van der Waals surface area contributed by atoms with Crippen LogP contribution < -0.4 is 10.1 Å². The van der Waals surface area contributed by atoms with Crippen LogP contribution in [-0.4, -0.2) is 12.6 Å². The quantitative estimate of drug-likeness (QED) is 0.830. The average molecular weight is 269 g/mol. The van der Waals surface area contributed by atoms with Crippen molar-refractivity contribution in [1.82, 2.24) is 5.32 Å². The first-order chi connectivity index (χ1) is 9.00. The molecule has 1 aromatic carbocycles. The van der Waals surface area contributed by atoms with Crippen LogP contribution in [0.5, 0.6) is 5.75 Å². The van der Waals surface area contributed by atoms with E-state index < -0.39 is 11.7 Å². The second-order valence-electron chi connectivity index (χ2n) is 4.48. The third kappa shape index (κ3) is 3.90. The van der Waals surface area contributed by atoms with Crippen LogP contribution in [0, 0.1) is 12.3 Å². The predicted octanol–water partition coefficient (Wildman–Crippen LogP) is 2.97. The maximum Gasteiger partial charge on any atom is 0.419 e. The number of alkyl halides is 3. The summed E-state index contributed by atoms with van der Waals surface area (Å²) < 4.78 is 43.7. The van der Waals surface area contributed by atoms with Crippen molar-refractivity contribution in [1.29, 1.82) is 0 Å². The second-order valence-corrected chi connectivity index (χ2v) is 4.48. The third-order valence-corrected chi connectivity index (χ3v) is 2.83. The van der Waals surface area contributed by atoms with Gasteiger partial charge in [-0.05, 0) is 30.5 Å². The SMILES string of the molecule is C#CCOc1ccc(CNC2CC2)cc1C(F)(F)F. The smallest absolute Gasteiger partial charge is 0.419 e. The van der Waals surface area contributed by atoms with Gasteiger partial charge < -0.3 is 10.1 Å². The summed E-state index contributed by atoms with van der Waals surface area (Å²) in [7, 11) is 0. The van der Waals surface area contributed by atoms with E-state index in [0.717, 1.165) is 18.9 Å². The fourth-order valence-electron chi connectivity index (χ4n) is 1.70. The number of hydrogen-bond donors (Lipinski definition) is 1. The molecule has 1 fully saturated rings. The van der Waals surface area contributed by atoms with E-state index in [-0.39, 0.29) is 12.4 Å². The van der Waals surface area contributed by atoms with Crippen LogP contribution in [0.1, 0.15) is 24.0 Å². The zero-order valence-electron chi connectivity index (χ0n) is 10.3. The lowest BCUT2D eigenvalue weighted by Gasteiger charge is -2.14. The molecule has 0 unspecified atom stereocenters. The highest BCUT2D eigenvalue weighted by molar-refractivity contribution is 5.39. The van der Waals surface area contributed by atoms with Crippen molar-refractivity contribution in [3.8, 4) is 18.1 Å². The van der Waals surface area contributed by atoms with E-state index in [0.29, 0.717) is 18.2 Å². The van der Waals surface area contributed by atoms with Gasteiger partial charge in [-0.1, -0.05) is 12.0 Å². The number of terminal acetylenes is 1. The van der Waals surface area contributed by atoms with Crippen LogP contribution in [0.4, 0.5) is 13.2 Å². The monoisotopic (exact) mass is 269 g/mol. The molecule has 5 heteroatoms. The molecule has 1 N–H and O–H groups in total. The second kappa shape index (κ2) is 5.54. The molecule has 1 saturated carbocycles. The fourth-order valence-corrected chi connectivity index (χ4v) is 1.70. The summed E-state index contributed by atoms with van der Waals surface area (Å²) >= 11 is 0. The van der Waals surface area contributed by atoms with Gasteiger partial charge in [-0.25, -0.2) is 0 Å². The molecule has 102 valence electrons. The van der Waals surface area contributed by atoms with Crippen molar-refractivity contribution < 1.29 is 17.9 Å². The Kier molecular flexibility index (Phi) is 4.01. The normalized spacial score (nSPS) is 15.1. The molecular weight excluding hydrogens is 255 g/mol. The topological polar surface area (TPSA) is 21.3 Å². The summed E-state index contributed by atoms with van der Waals surface area (Å²) in [4.78, 5) is 0. The van der Waals surface area contributed by atoms with E-state index in [9.17, 15) is 13.2 Å². The number of ether oxygens (including phenoxy) is 1. The van der Waals surface area contributed by atoms with E-state index in [1.54, 1.807) is 6.07 Å². The zero-order chi connectivity index (χ0) is 13.9. The summed E-state index contributed by atoms with van der Waals surface area (Å²) in [5, 5.41) is 3.17. The van der Waals surface area contributed by atoms with Crippen molar-refractivity contribution in [2.24, 2.45) is 0 Å². The molecule has 0 amide bonds. The summed E-state index contributed by atoms with van der Waals surface area (Å²) in [6, 6.07) is 4.51. The molecular formula is C14H14F3NO. The lowest BCUT2D eigenvalue weighted by Crippen LogP contribution is -2.16. The number of benzene rings is 1. The molecule has 2 rings (SSSR count). The largest absolute Gasteiger partial charge is 0.480 e. The Morgan fingerprint density at radius 3 is 2.68 bits per heavy atom. The molecule has 0 bridgehead atoms. The van der Waals surface area contributed by atoms with Crippen LogP contribution >= 0.6 is 0 Å². The number of nitrogens with one attached hydrogen (secondary N) is 1. The Hall–Kier alpha value is -1.67. The molecule has 1 aliphatic carbocycles. The van der Waals surface area contributed by atoms with Crippen LogP contribution in [0.2, 0.25) is 0 Å². The third-order valence-electron chi connectivity index (χ3n) is 2.83. The standard InChI is InChI=1S/C14H14F3NO/c1-2-7-19-13-6-3-10(9-18-11-4-5-11)8-12(13)14(15,16)17/h1,3,6,8,11,18H,4-5,7,9H2. The molecule has 1 aromatic rings. The highest BCUT2D eigenvalue weighted by Crippen LogP contribution is 2.37. The summed E-state index contributed by atoms with van der Waals surface area (Å²) in [6.45, 7) is 0.256. The van der Waals surface area contributed by atoms with Crippen LogP contribution in [0.25, 0.3) is 0 Å². The van der Waals surface area contributed by atoms with Crippen molar-refractivity contribution in [3.63, 3.8) is 0 Å². The molecule has 0 saturated heterocycles. The first-order valence-corrected chi connectivity index (χ1v) is 6.00. The Morgan fingerprint density at radius 2 is 2.11 bits per heavy atom. The maximum absolute atomic E-state index is 12.9. The van der Waals surface area contributed by atoms with Gasteiger partial charge in [-0.2, -0.15) is 13.2 Å². The van der Waals surface area contributed by atoms with E-state index in [1.807, 2.05) is 0 Å². The van der Waals surface area contributed by atoms with Gasteiger partial charge in [0.15, 0.2) is 0 Å². The minimum absolute atomic E-state index is 0.178. The van der Waals surface area contributed by atoms with Gasteiger partial charge in [0, 0.05) is 12.6 Å².